The fourth-order valence-electron chi connectivity index (χ4n) is 1.98. The Hall–Kier alpha value is -0.890. The summed E-state index contributed by atoms with van der Waals surface area (Å²) in [6.07, 6.45) is 4.21. The lowest BCUT2D eigenvalue weighted by Gasteiger charge is -2.22. The molecule has 0 aliphatic carbocycles. The molecule has 1 aromatic heterocycles. The molecule has 1 unspecified atom stereocenters. The van der Waals surface area contributed by atoms with Crippen molar-refractivity contribution in [1.82, 2.24) is 10.3 Å². The summed E-state index contributed by atoms with van der Waals surface area (Å²) in [5.41, 5.74) is 2.50. The van der Waals surface area contributed by atoms with Gasteiger partial charge >= 0.3 is 0 Å². The Bertz CT molecular complexity index is 307. The van der Waals surface area contributed by atoms with Gasteiger partial charge in [0.05, 0.1) is 0 Å². The Balaban J connectivity index is 2.78. The molecule has 1 aromatic rings. The van der Waals surface area contributed by atoms with Gasteiger partial charge in [0.25, 0.3) is 0 Å². The molecule has 0 saturated carbocycles. The molecule has 0 radical (unpaired) electrons. The van der Waals surface area contributed by atoms with Gasteiger partial charge in [0, 0.05) is 17.9 Å². The summed E-state index contributed by atoms with van der Waals surface area (Å²) in [5, 5.41) is 3.62. The van der Waals surface area contributed by atoms with Crippen molar-refractivity contribution in [2.24, 2.45) is 5.92 Å². The highest BCUT2D eigenvalue weighted by atomic mass is 14.9. The molecule has 1 N–H and O–H groups in total. The largest absolute Gasteiger partial charge is 0.310 e. The summed E-state index contributed by atoms with van der Waals surface area (Å²) in [7, 11) is 0. The number of rotatable bonds is 6. The molecule has 0 amide bonds. The average Bonchev–Trinajstić information content (AvgIpc) is 2.24. The van der Waals surface area contributed by atoms with Crippen molar-refractivity contribution < 1.29 is 0 Å². The first kappa shape index (κ1) is 13.2. The predicted octanol–water partition coefficient (Wildman–Crippen LogP) is 3.48. The van der Waals surface area contributed by atoms with Crippen LogP contribution in [0.5, 0.6) is 0 Å². The Kier molecular flexibility index (Phi) is 5.47. The van der Waals surface area contributed by atoms with Gasteiger partial charge in [0.15, 0.2) is 0 Å². The molecule has 2 nitrogen and oxygen atoms in total. The predicted molar refractivity (Wildman–Crippen MR) is 69.5 cm³/mol. The second kappa shape index (κ2) is 6.64. The molecule has 1 rings (SSSR count). The highest BCUT2D eigenvalue weighted by Gasteiger charge is 2.14. The molecule has 0 aliphatic heterocycles. The van der Waals surface area contributed by atoms with Gasteiger partial charge < -0.3 is 5.32 Å². The van der Waals surface area contributed by atoms with E-state index in [1.165, 1.54) is 18.4 Å². The van der Waals surface area contributed by atoms with E-state index in [2.05, 4.69) is 44.1 Å². The Morgan fingerprint density at radius 2 is 2.12 bits per heavy atom. The number of nitrogens with one attached hydrogen (secondary N) is 1. The van der Waals surface area contributed by atoms with Gasteiger partial charge in [-0.25, -0.2) is 0 Å². The standard InChI is InChI=1S/C14H24N2/c1-5-8-16-14(10-11(2)3)13-7-6-9-15-12(13)4/h6-7,9,11,14,16H,5,8,10H2,1-4H3. The molecule has 1 heterocycles. The van der Waals surface area contributed by atoms with Crippen molar-refractivity contribution in [3.8, 4) is 0 Å². The van der Waals surface area contributed by atoms with Crippen LogP contribution < -0.4 is 5.32 Å². The fraction of sp³-hybridized carbons (Fsp3) is 0.643. The van der Waals surface area contributed by atoms with E-state index in [9.17, 15) is 0 Å². The molecule has 2 heteroatoms. The van der Waals surface area contributed by atoms with Crippen LogP contribution in [0.15, 0.2) is 18.3 Å². The topological polar surface area (TPSA) is 24.9 Å². The lowest BCUT2D eigenvalue weighted by molar-refractivity contribution is 0.428. The van der Waals surface area contributed by atoms with Crippen LogP contribution >= 0.6 is 0 Å². The van der Waals surface area contributed by atoms with Crippen molar-refractivity contribution in [3.63, 3.8) is 0 Å². The maximum Gasteiger partial charge on any atom is 0.0420 e. The molecule has 1 atom stereocenters. The normalized spacial score (nSPS) is 13.1. The molecule has 0 saturated heterocycles. The number of nitrogens with zero attached hydrogens (tertiary/aromatic N) is 1. The summed E-state index contributed by atoms with van der Waals surface area (Å²) in [6.45, 7) is 9.91. The number of aromatic nitrogens is 1. The van der Waals surface area contributed by atoms with Crippen LogP contribution in [0.1, 0.15) is 50.9 Å². The van der Waals surface area contributed by atoms with Gasteiger partial charge in [-0.1, -0.05) is 26.8 Å². The smallest absolute Gasteiger partial charge is 0.0420 e. The number of hydrogen-bond acceptors (Lipinski definition) is 2. The van der Waals surface area contributed by atoms with Crippen LogP contribution in [0.2, 0.25) is 0 Å². The quantitative estimate of drug-likeness (QED) is 0.794. The van der Waals surface area contributed by atoms with Gasteiger partial charge in [0.2, 0.25) is 0 Å². The molecule has 90 valence electrons. The van der Waals surface area contributed by atoms with Crippen LogP contribution in [-0.4, -0.2) is 11.5 Å². The van der Waals surface area contributed by atoms with Gasteiger partial charge in [-0.05, 0) is 43.9 Å². The van der Waals surface area contributed by atoms with Crippen LogP contribution in [0.4, 0.5) is 0 Å². The Labute approximate surface area is 99.5 Å². The van der Waals surface area contributed by atoms with E-state index in [1.807, 2.05) is 12.3 Å². The zero-order valence-electron chi connectivity index (χ0n) is 11.0. The second-order valence-corrected chi connectivity index (χ2v) is 4.81. The van der Waals surface area contributed by atoms with E-state index in [1.54, 1.807) is 0 Å². The van der Waals surface area contributed by atoms with Gasteiger partial charge in [-0.3, -0.25) is 4.98 Å². The first-order chi connectivity index (χ1) is 7.65. The molecule has 16 heavy (non-hydrogen) atoms. The first-order valence-electron chi connectivity index (χ1n) is 6.30. The maximum atomic E-state index is 4.38. The fourth-order valence-corrected chi connectivity index (χ4v) is 1.98. The zero-order chi connectivity index (χ0) is 12.0. The van der Waals surface area contributed by atoms with Crippen molar-refractivity contribution in [3.05, 3.63) is 29.6 Å². The molecule has 0 spiro atoms. The Morgan fingerprint density at radius 1 is 1.38 bits per heavy atom. The van der Waals surface area contributed by atoms with Gasteiger partial charge in [-0.15, -0.1) is 0 Å². The molecule has 0 aromatic carbocycles. The highest BCUT2D eigenvalue weighted by molar-refractivity contribution is 5.22. The van der Waals surface area contributed by atoms with E-state index in [0.29, 0.717) is 12.0 Å². The summed E-state index contributed by atoms with van der Waals surface area (Å²) in [5.74, 6) is 0.703. The molecule has 0 fully saturated rings. The number of aryl methyl sites for hydroxylation is 1. The minimum absolute atomic E-state index is 0.452. The lowest BCUT2D eigenvalue weighted by Crippen LogP contribution is -2.24. The number of hydrogen-bond donors (Lipinski definition) is 1. The molecule has 0 bridgehead atoms. The van der Waals surface area contributed by atoms with Crippen molar-refractivity contribution in [1.29, 1.82) is 0 Å². The second-order valence-electron chi connectivity index (χ2n) is 4.81. The van der Waals surface area contributed by atoms with Crippen LogP contribution in [0.25, 0.3) is 0 Å². The van der Waals surface area contributed by atoms with E-state index >= 15 is 0 Å². The summed E-state index contributed by atoms with van der Waals surface area (Å²) >= 11 is 0. The zero-order valence-corrected chi connectivity index (χ0v) is 11.0. The number of pyridine rings is 1. The lowest BCUT2D eigenvalue weighted by atomic mass is 9.96. The first-order valence-corrected chi connectivity index (χ1v) is 6.30. The summed E-state index contributed by atoms with van der Waals surface area (Å²) in [4.78, 5) is 4.38. The average molecular weight is 220 g/mol. The third-order valence-electron chi connectivity index (χ3n) is 2.77. The van der Waals surface area contributed by atoms with Crippen LogP contribution in [0.3, 0.4) is 0 Å². The monoisotopic (exact) mass is 220 g/mol. The van der Waals surface area contributed by atoms with Crippen molar-refractivity contribution in [2.45, 2.75) is 46.6 Å². The van der Waals surface area contributed by atoms with Crippen LogP contribution in [0, 0.1) is 12.8 Å². The van der Waals surface area contributed by atoms with Crippen molar-refractivity contribution >= 4 is 0 Å². The van der Waals surface area contributed by atoms with Gasteiger partial charge in [0.1, 0.15) is 0 Å². The molecular weight excluding hydrogens is 196 g/mol. The minimum Gasteiger partial charge on any atom is -0.310 e. The van der Waals surface area contributed by atoms with E-state index in [-0.39, 0.29) is 0 Å². The summed E-state index contributed by atoms with van der Waals surface area (Å²) in [6, 6.07) is 4.68. The minimum atomic E-state index is 0.452. The van der Waals surface area contributed by atoms with E-state index < -0.39 is 0 Å². The molecule has 0 aliphatic rings. The van der Waals surface area contributed by atoms with Gasteiger partial charge in [-0.2, -0.15) is 0 Å². The van der Waals surface area contributed by atoms with E-state index in [4.69, 9.17) is 0 Å². The molecular formula is C14H24N2. The summed E-state index contributed by atoms with van der Waals surface area (Å²) < 4.78 is 0. The van der Waals surface area contributed by atoms with Crippen molar-refractivity contribution in [2.75, 3.05) is 6.54 Å². The highest BCUT2D eigenvalue weighted by Crippen LogP contribution is 2.22. The maximum absolute atomic E-state index is 4.38. The van der Waals surface area contributed by atoms with E-state index in [0.717, 1.165) is 12.2 Å². The third kappa shape index (κ3) is 3.93. The third-order valence-corrected chi connectivity index (χ3v) is 2.77. The Morgan fingerprint density at radius 3 is 2.69 bits per heavy atom. The SMILES string of the molecule is CCCNC(CC(C)C)c1cccnc1C. The van der Waals surface area contributed by atoms with Crippen LogP contribution in [-0.2, 0) is 0 Å².